The molecule has 1 aromatic heterocycles. The molecule has 6 heteroatoms. The number of esters is 1. The molecule has 0 aliphatic carbocycles. The summed E-state index contributed by atoms with van der Waals surface area (Å²) in [4.78, 5) is 16.9. The van der Waals surface area contributed by atoms with Crippen LogP contribution in [0.5, 0.6) is 0 Å². The van der Waals surface area contributed by atoms with E-state index in [1.54, 1.807) is 31.5 Å². The second-order valence-corrected chi connectivity index (χ2v) is 5.74. The average Bonchev–Trinajstić information content (AvgIpc) is 2.67. The van der Waals surface area contributed by atoms with E-state index in [0.717, 1.165) is 5.56 Å². The minimum atomic E-state index is -0.675. The lowest BCUT2D eigenvalue weighted by molar-refractivity contribution is -0.140. The molecule has 130 valence electrons. The first-order chi connectivity index (χ1) is 12.6. The molecule has 2 N–H and O–H groups in total. The van der Waals surface area contributed by atoms with Crippen molar-refractivity contribution in [2.24, 2.45) is 5.73 Å². The van der Waals surface area contributed by atoms with Gasteiger partial charge in [-0.3, -0.25) is 4.98 Å². The summed E-state index contributed by atoms with van der Waals surface area (Å²) in [5.74, 6) is -0.932. The van der Waals surface area contributed by atoms with Crippen LogP contribution in [0.4, 0.5) is 0 Å². The Hall–Kier alpha value is -3.59. The second-order valence-electron chi connectivity index (χ2n) is 5.74. The van der Waals surface area contributed by atoms with Crippen LogP contribution < -0.4 is 5.73 Å². The lowest BCUT2D eigenvalue weighted by Gasteiger charge is -2.26. The van der Waals surface area contributed by atoms with E-state index in [2.05, 4.69) is 4.98 Å². The third-order valence-electron chi connectivity index (χ3n) is 4.06. The minimum Gasteiger partial charge on any atom is -0.457 e. The van der Waals surface area contributed by atoms with Gasteiger partial charge in [0.1, 0.15) is 24.0 Å². The standard InChI is InChI=1S/C20H17N3O3/c1-13-17(20(24)25-12-14-6-3-2-4-7-14)18(15-8-5-9-23-11-15)16(10-21)19(22)26-13/h2-9,11,18H,12,22H2,1H3/t18-/m1/s1. The zero-order valence-electron chi connectivity index (χ0n) is 14.2. The number of nitrogens with two attached hydrogens (primary N) is 1. The number of carbonyl (C=O) groups is 1. The van der Waals surface area contributed by atoms with E-state index >= 15 is 0 Å². The van der Waals surface area contributed by atoms with E-state index in [0.29, 0.717) is 11.3 Å². The fourth-order valence-corrected chi connectivity index (χ4v) is 2.83. The van der Waals surface area contributed by atoms with Crippen LogP contribution in [-0.2, 0) is 20.9 Å². The zero-order valence-corrected chi connectivity index (χ0v) is 14.2. The highest BCUT2D eigenvalue weighted by atomic mass is 16.5. The first-order valence-corrected chi connectivity index (χ1v) is 8.01. The van der Waals surface area contributed by atoms with Gasteiger partial charge in [0.25, 0.3) is 0 Å². The normalized spacial score (nSPS) is 16.7. The highest BCUT2D eigenvalue weighted by molar-refractivity contribution is 5.92. The number of benzene rings is 1. The van der Waals surface area contributed by atoms with Gasteiger partial charge >= 0.3 is 5.97 Å². The second kappa shape index (κ2) is 7.53. The number of aromatic nitrogens is 1. The number of hydrogen-bond donors (Lipinski definition) is 1. The van der Waals surface area contributed by atoms with E-state index in [4.69, 9.17) is 15.2 Å². The molecular weight excluding hydrogens is 330 g/mol. The van der Waals surface area contributed by atoms with Gasteiger partial charge in [0.2, 0.25) is 5.88 Å². The molecule has 26 heavy (non-hydrogen) atoms. The lowest BCUT2D eigenvalue weighted by Crippen LogP contribution is -2.25. The number of allylic oxidation sites excluding steroid dienone is 2. The molecule has 0 saturated carbocycles. The summed E-state index contributed by atoms with van der Waals surface area (Å²) in [5.41, 5.74) is 7.81. The van der Waals surface area contributed by atoms with Gasteiger partial charge < -0.3 is 15.2 Å². The molecule has 1 aliphatic heterocycles. The van der Waals surface area contributed by atoms with Crippen molar-refractivity contribution < 1.29 is 14.3 Å². The Kier molecular flexibility index (Phi) is 4.99. The molecule has 6 nitrogen and oxygen atoms in total. The molecular formula is C20H17N3O3. The highest BCUT2D eigenvalue weighted by Crippen LogP contribution is 2.39. The van der Waals surface area contributed by atoms with Gasteiger partial charge in [0.15, 0.2) is 0 Å². The van der Waals surface area contributed by atoms with E-state index in [9.17, 15) is 10.1 Å². The van der Waals surface area contributed by atoms with Crippen LogP contribution in [0.2, 0.25) is 0 Å². The zero-order chi connectivity index (χ0) is 18.5. The van der Waals surface area contributed by atoms with Crippen LogP contribution >= 0.6 is 0 Å². The maximum absolute atomic E-state index is 12.8. The monoisotopic (exact) mass is 347 g/mol. The number of hydrogen-bond acceptors (Lipinski definition) is 6. The van der Waals surface area contributed by atoms with Gasteiger partial charge in [-0.05, 0) is 24.1 Å². The van der Waals surface area contributed by atoms with Crippen LogP contribution in [0.15, 0.2) is 77.6 Å². The number of carbonyl (C=O) groups excluding carboxylic acids is 1. The van der Waals surface area contributed by atoms with Crippen molar-refractivity contribution in [3.63, 3.8) is 0 Å². The fourth-order valence-electron chi connectivity index (χ4n) is 2.83. The van der Waals surface area contributed by atoms with Gasteiger partial charge in [0, 0.05) is 12.4 Å². The summed E-state index contributed by atoms with van der Waals surface area (Å²) in [7, 11) is 0. The van der Waals surface area contributed by atoms with Gasteiger partial charge in [-0.25, -0.2) is 4.79 Å². The molecule has 2 heterocycles. The first-order valence-electron chi connectivity index (χ1n) is 8.01. The molecule has 0 unspecified atom stereocenters. The van der Waals surface area contributed by atoms with Crippen LogP contribution in [0, 0.1) is 11.3 Å². The smallest absolute Gasteiger partial charge is 0.338 e. The number of ether oxygens (including phenoxy) is 2. The topological polar surface area (TPSA) is 98.2 Å². The van der Waals surface area contributed by atoms with Crippen LogP contribution in [0.25, 0.3) is 0 Å². The van der Waals surface area contributed by atoms with Crippen LogP contribution in [0.1, 0.15) is 24.0 Å². The molecule has 0 fully saturated rings. The molecule has 1 aliphatic rings. The number of pyridine rings is 1. The first kappa shape index (κ1) is 17.2. The van der Waals surface area contributed by atoms with Crippen molar-refractivity contribution in [1.82, 2.24) is 4.98 Å². The Labute approximate surface area is 151 Å². The Morgan fingerprint density at radius 2 is 2.08 bits per heavy atom. The molecule has 3 rings (SSSR count). The average molecular weight is 347 g/mol. The molecule has 0 bridgehead atoms. The van der Waals surface area contributed by atoms with Crippen molar-refractivity contribution >= 4 is 5.97 Å². The molecule has 0 radical (unpaired) electrons. The number of nitrogens with zero attached hydrogens (tertiary/aromatic N) is 2. The maximum atomic E-state index is 12.8. The van der Waals surface area contributed by atoms with Crippen molar-refractivity contribution in [1.29, 1.82) is 5.26 Å². The van der Waals surface area contributed by atoms with Gasteiger partial charge in [-0.2, -0.15) is 5.26 Å². The summed E-state index contributed by atoms with van der Waals surface area (Å²) in [6, 6.07) is 14.9. The van der Waals surface area contributed by atoms with Crippen LogP contribution in [-0.4, -0.2) is 11.0 Å². The Morgan fingerprint density at radius 1 is 1.31 bits per heavy atom. The largest absolute Gasteiger partial charge is 0.457 e. The summed E-state index contributed by atoms with van der Waals surface area (Å²) in [5, 5.41) is 9.52. The van der Waals surface area contributed by atoms with Crippen molar-refractivity contribution in [2.45, 2.75) is 19.4 Å². The predicted octanol–water partition coefficient (Wildman–Crippen LogP) is 2.91. The minimum absolute atomic E-state index is 0.0153. The molecule has 1 atom stereocenters. The molecule has 2 aromatic rings. The maximum Gasteiger partial charge on any atom is 0.338 e. The van der Waals surface area contributed by atoms with Gasteiger partial charge in [-0.1, -0.05) is 36.4 Å². The quantitative estimate of drug-likeness (QED) is 0.854. The van der Waals surface area contributed by atoms with Crippen LogP contribution in [0.3, 0.4) is 0 Å². The van der Waals surface area contributed by atoms with E-state index in [1.807, 2.05) is 36.4 Å². The third kappa shape index (κ3) is 3.42. The van der Waals surface area contributed by atoms with Crippen molar-refractivity contribution in [3.8, 4) is 6.07 Å². The lowest BCUT2D eigenvalue weighted by atomic mass is 9.84. The van der Waals surface area contributed by atoms with Crippen molar-refractivity contribution in [2.75, 3.05) is 0 Å². The summed E-state index contributed by atoms with van der Waals surface area (Å²) < 4.78 is 10.9. The summed E-state index contributed by atoms with van der Waals surface area (Å²) in [6.45, 7) is 1.75. The van der Waals surface area contributed by atoms with Gasteiger partial charge in [-0.15, -0.1) is 0 Å². The van der Waals surface area contributed by atoms with Gasteiger partial charge in [0.05, 0.1) is 11.5 Å². The fraction of sp³-hybridized carbons (Fsp3) is 0.150. The highest BCUT2D eigenvalue weighted by Gasteiger charge is 2.36. The number of nitriles is 1. The SMILES string of the molecule is CC1=C(C(=O)OCc2ccccc2)[C@H](c2cccnc2)C(C#N)=C(N)O1. The van der Waals surface area contributed by atoms with E-state index in [1.165, 1.54) is 0 Å². The Morgan fingerprint density at radius 3 is 2.73 bits per heavy atom. The third-order valence-corrected chi connectivity index (χ3v) is 4.06. The molecule has 0 spiro atoms. The number of rotatable bonds is 4. The molecule has 0 amide bonds. The van der Waals surface area contributed by atoms with E-state index < -0.39 is 11.9 Å². The Bertz CT molecular complexity index is 912. The molecule has 0 saturated heterocycles. The predicted molar refractivity (Wildman–Crippen MR) is 93.8 cm³/mol. The summed E-state index contributed by atoms with van der Waals surface area (Å²) in [6.07, 6.45) is 3.21. The molecule has 1 aromatic carbocycles. The Balaban J connectivity index is 1.93. The summed E-state index contributed by atoms with van der Waals surface area (Å²) >= 11 is 0. The van der Waals surface area contributed by atoms with Crippen molar-refractivity contribution in [3.05, 3.63) is 88.8 Å². The van der Waals surface area contributed by atoms with E-state index in [-0.39, 0.29) is 23.6 Å².